The molecule has 26 heavy (non-hydrogen) atoms. The largest absolute Gasteiger partial charge is 0.394 e. The van der Waals surface area contributed by atoms with Gasteiger partial charge in [0.1, 0.15) is 17.1 Å². The van der Waals surface area contributed by atoms with Crippen molar-refractivity contribution in [1.29, 1.82) is 5.26 Å². The molecule has 0 spiro atoms. The van der Waals surface area contributed by atoms with E-state index >= 15 is 0 Å². The molecule has 3 atom stereocenters. The summed E-state index contributed by atoms with van der Waals surface area (Å²) in [6.45, 7) is 3.24. The van der Waals surface area contributed by atoms with E-state index in [1.807, 2.05) is 13.0 Å². The number of fused-ring (bicyclic) bond motifs is 1. The molecule has 1 aromatic carbocycles. The number of aliphatic hydroxyl groups is 2. The van der Waals surface area contributed by atoms with Crippen LogP contribution in [0.4, 0.5) is 5.69 Å². The zero-order chi connectivity index (χ0) is 18.5. The molecule has 1 saturated heterocycles. The number of anilines is 1. The SMILES string of the molecule is C[C@@H]1CN(c2ccc(C#N)c3nccnc23)C[C@H](CSC[C@H](O)CO)O1. The Bertz CT molecular complexity index is 798. The molecule has 2 aromatic rings. The lowest BCUT2D eigenvalue weighted by molar-refractivity contribution is -0.00260. The van der Waals surface area contributed by atoms with Crippen molar-refractivity contribution in [2.24, 2.45) is 0 Å². The maximum atomic E-state index is 9.47. The third kappa shape index (κ3) is 4.24. The first-order valence-electron chi connectivity index (χ1n) is 8.53. The quantitative estimate of drug-likeness (QED) is 0.777. The second-order valence-corrected chi connectivity index (χ2v) is 7.42. The third-order valence-corrected chi connectivity index (χ3v) is 5.44. The molecule has 2 N–H and O–H groups in total. The van der Waals surface area contributed by atoms with Crippen molar-refractivity contribution >= 4 is 28.5 Å². The minimum Gasteiger partial charge on any atom is -0.394 e. The van der Waals surface area contributed by atoms with Crippen molar-refractivity contribution in [3.05, 3.63) is 30.1 Å². The Labute approximate surface area is 156 Å². The molecule has 3 rings (SSSR count). The maximum Gasteiger partial charge on any atom is 0.113 e. The van der Waals surface area contributed by atoms with Crippen LogP contribution in [-0.4, -0.2) is 69.7 Å². The molecule has 0 saturated carbocycles. The summed E-state index contributed by atoms with van der Waals surface area (Å²) in [5.74, 6) is 1.22. The van der Waals surface area contributed by atoms with Crippen molar-refractivity contribution in [2.45, 2.75) is 25.2 Å². The number of rotatable bonds is 6. The molecule has 1 fully saturated rings. The average molecular weight is 374 g/mol. The molecule has 1 aliphatic heterocycles. The van der Waals surface area contributed by atoms with Gasteiger partial charge in [0.05, 0.1) is 36.2 Å². The van der Waals surface area contributed by atoms with E-state index in [9.17, 15) is 10.4 Å². The minimum atomic E-state index is -0.699. The van der Waals surface area contributed by atoms with E-state index in [4.69, 9.17) is 9.84 Å². The Kier molecular flexibility index (Phi) is 6.27. The van der Waals surface area contributed by atoms with Crippen LogP contribution < -0.4 is 4.90 Å². The lowest BCUT2D eigenvalue weighted by Gasteiger charge is -2.38. The lowest BCUT2D eigenvalue weighted by Crippen LogP contribution is -2.48. The maximum absolute atomic E-state index is 9.47. The van der Waals surface area contributed by atoms with Gasteiger partial charge in [0.2, 0.25) is 0 Å². The van der Waals surface area contributed by atoms with Gasteiger partial charge in [0.25, 0.3) is 0 Å². The lowest BCUT2D eigenvalue weighted by atomic mass is 10.1. The van der Waals surface area contributed by atoms with E-state index in [2.05, 4.69) is 20.9 Å². The summed E-state index contributed by atoms with van der Waals surface area (Å²) in [6, 6.07) is 5.88. The number of ether oxygens (including phenoxy) is 1. The Morgan fingerprint density at radius 3 is 2.85 bits per heavy atom. The highest BCUT2D eigenvalue weighted by atomic mass is 32.2. The standard InChI is InChI=1S/C18H22N4O3S/c1-12-7-22(8-15(25-12)11-26-10-14(24)9-23)16-3-2-13(6-19)17-18(16)21-5-4-20-17/h2-5,12,14-15,23-24H,7-11H2,1H3/t12-,14-,15-/m1/s1. The molecular weight excluding hydrogens is 352 g/mol. The van der Waals surface area contributed by atoms with E-state index in [0.717, 1.165) is 23.5 Å². The summed E-state index contributed by atoms with van der Waals surface area (Å²) in [7, 11) is 0. The normalized spacial score (nSPS) is 21.5. The van der Waals surface area contributed by atoms with Gasteiger partial charge in [0, 0.05) is 37.0 Å². The second-order valence-electron chi connectivity index (χ2n) is 6.35. The van der Waals surface area contributed by atoms with Crippen LogP contribution in [0.15, 0.2) is 24.5 Å². The van der Waals surface area contributed by atoms with Gasteiger partial charge >= 0.3 is 0 Å². The van der Waals surface area contributed by atoms with Crippen LogP contribution in [0.5, 0.6) is 0 Å². The van der Waals surface area contributed by atoms with Gasteiger partial charge in [-0.15, -0.1) is 0 Å². The fourth-order valence-corrected chi connectivity index (χ4v) is 4.07. The van der Waals surface area contributed by atoms with Gasteiger partial charge in [-0.3, -0.25) is 9.97 Å². The van der Waals surface area contributed by atoms with Crippen LogP contribution in [0.25, 0.3) is 11.0 Å². The summed E-state index contributed by atoms with van der Waals surface area (Å²) in [4.78, 5) is 11.0. The average Bonchev–Trinajstić information content (AvgIpc) is 2.66. The molecule has 0 radical (unpaired) electrons. The number of aromatic nitrogens is 2. The van der Waals surface area contributed by atoms with E-state index < -0.39 is 6.10 Å². The zero-order valence-corrected chi connectivity index (χ0v) is 15.4. The van der Waals surface area contributed by atoms with Crippen LogP contribution in [0.3, 0.4) is 0 Å². The first-order chi connectivity index (χ1) is 12.6. The molecule has 1 aliphatic rings. The molecule has 1 aromatic heterocycles. The van der Waals surface area contributed by atoms with Gasteiger partial charge in [-0.1, -0.05) is 0 Å². The molecule has 0 unspecified atom stereocenters. The Morgan fingerprint density at radius 2 is 2.12 bits per heavy atom. The number of hydrogen-bond acceptors (Lipinski definition) is 8. The molecule has 0 aliphatic carbocycles. The number of aliphatic hydroxyl groups excluding tert-OH is 2. The molecule has 7 nitrogen and oxygen atoms in total. The third-order valence-electron chi connectivity index (χ3n) is 4.22. The van der Waals surface area contributed by atoms with Gasteiger partial charge in [-0.25, -0.2) is 0 Å². The predicted octanol–water partition coefficient (Wildman–Crippen LogP) is 1.18. The molecule has 0 amide bonds. The van der Waals surface area contributed by atoms with Crippen molar-refractivity contribution in [1.82, 2.24) is 9.97 Å². The fraction of sp³-hybridized carbons (Fsp3) is 0.500. The molecule has 2 heterocycles. The smallest absolute Gasteiger partial charge is 0.113 e. The van der Waals surface area contributed by atoms with Crippen LogP contribution in [0, 0.1) is 11.3 Å². The van der Waals surface area contributed by atoms with Crippen LogP contribution in [-0.2, 0) is 4.74 Å². The summed E-state index contributed by atoms with van der Waals surface area (Å²) in [5, 5.41) is 27.7. The van der Waals surface area contributed by atoms with Crippen molar-refractivity contribution in [2.75, 3.05) is 36.1 Å². The van der Waals surface area contributed by atoms with E-state index in [-0.39, 0.29) is 18.8 Å². The number of morpholine rings is 1. The Morgan fingerprint density at radius 1 is 1.35 bits per heavy atom. The number of benzene rings is 1. The van der Waals surface area contributed by atoms with Crippen LogP contribution >= 0.6 is 11.8 Å². The number of nitriles is 1. The summed E-state index contributed by atoms with van der Waals surface area (Å²) >= 11 is 1.57. The van der Waals surface area contributed by atoms with Crippen LogP contribution in [0.2, 0.25) is 0 Å². The summed E-state index contributed by atoms with van der Waals surface area (Å²) in [6.07, 6.45) is 2.60. The Hall–Kier alpha value is -1.92. The number of nitrogens with zero attached hydrogens (tertiary/aromatic N) is 4. The zero-order valence-electron chi connectivity index (χ0n) is 14.6. The topological polar surface area (TPSA) is 103 Å². The van der Waals surface area contributed by atoms with Gasteiger partial charge in [-0.2, -0.15) is 17.0 Å². The monoisotopic (exact) mass is 374 g/mol. The van der Waals surface area contributed by atoms with E-state index in [1.165, 1.54) is 0 Å². The molecule has 0 bridgehead atoms. The highest BCUT2D eigenvalue weighted by Gasteiger charge is 2.27. The number of hydrogen-bond donors (Lipinski definition) is 2. The molecular formula is C18H22N4O3S. The fourth-order valence-electron chi connectivity index (χ4n) is 3.11. The highest BCUT2D eigenvalue weighted by Crippen LogP contribution is 2.29. The van der Waals surface area contributed by atoms with E-state index in [1.54, 1.807) is 30.2 Å². The van der Waals surface area contributed by atoms with E-state index in [0.29, 0.717) is 23.4 Å². The Balaban J connectivity index is 1.78. The van der Waals surface area contributed by atoms with Crippen molar-refractivity contribution < 1.29 is 14.9 Å². The minimum absolute atomic E-state index is 0.0111. The number of thioether (sulfide) groups is 1. The molecule has 8 heteroatoms. The van der Waals surface area contributed by atoms with Crippen LogP contribution in [0.1, 0.15) is 12.5 Å². The van der Waals surface area contributed by atoms with Crippen molar-refractivity contribution in [3.8, 4) is 6.07 Å². The van der Waals surface area contributed by atoms with Gasteiger partial charge in [0.15, 0.2) is 0 Å². The molecule has 138 valence electrons. The summed E-state index contributed by atoms with van der Waals surface area (Å²) in [5.41, 5.74) is 2.81. The van der Waals surface area contributed by atoms with Crippen molar-refractivity contribution in [3.63, 3.8) is 0 Å². The second kappa shape index (κ2) is 8.64. The first-order valence-corrected chi connectivity index (χ1v) is 9.68. The first kappa shape index (κ1) is 18.9. The van der Waals surface area contributed by atoms with Gasteiger partial charge < -0.3 is 19.8 Å². The van der Waals surface area contributed by atoms with Gasteiger partial charge in [-0.05, 0) is 19.1 Å². The predicted molar refractivity (Wildman–Crippen MR) is 101 cm³/mol. The highest BCUT2D eigenvalue weighted by molar-refractivity contribution is 7.99. The summed E-state index contributed by atoms with van der Waals surface area (Å²) < 4.78 is 6.02.